The molecule has 0 spiro atoms. The highest BCUT2D eigenvalue weighted by Gasteiger charge is 2.38. The zero-order valence-corrected chi connectivity index (χ0v) is 17.6. The van der Waals surface area contributed by atoms with Crippen molar-refractivity contribution in [2.75, 3.05) is 11.9 Å². The number of aromatic nitrogens is 1. The van der Waals surface area contributed by atoms with Gasteiger partial charge < -0.3 is 19.9 Å². The molecular weight excluding hydrogens is 460 g/mol. The maximum atomic E-state index is 14.6. The van der Waals surface area contributed by atoms with Gasteiger partial charge in [-0.3, -0.25) is 9.78 Å². The molecule has 7 nitrogen and oxygen atoms in total. The van der Waals surface area contributed by atoms with Crippen LogP contribution < -0.4 is 14.8 Å². The summed E-state index contributed by atoms with van der Waals surface area (Å²) < 4.78 is 57.6. The van der Waals surface area contributed by atoms with Crippen molar-refractivity contribution < 1.29 is 41.7 Å². The van der Waals surface area contributed by atoms with Crippen LogP contribution in [0.15, 0.2) is 60.9 Å². The fourth-order valence-corrected chi connectivity index (χ4v) is 2.93. The quantitative estimate of drug-likeness (QED) is 0.534. The third-order valence-electron chi connectivity index (χ3n) is 4.61. The van der Waals surface area contributed by atoms with Gasteiger partial charge in [0.2, 0.25) is 6.10 Å². The Kier molecular flexibility index (Phi) is 7.34. The average Bonchev–Trinajstić information content (AvgIpc) is 2.81. The van der Waals surface area contributed by atoms with E-state index in [1.165, 1.54) is 6.07 Å². The maximum absolute atomic E-state index is 14.6. The van der Waals surface area contributed by atoms with Crippen molar-refractivity contribution in [2.45, 2.75) is 19.2 Å². The standard InChI is InChI=1S/C21H17FN2O3.C2HF3O2/c1-13-10-15(14-6-8-23-9-7-14)16(22)11-17(13)24-21(25)20-12-26-18-4-2-3-5-19(18)27-20;3-2(4,5)1(6)7/h2-11,20H,12H2,1H3,(H,24,25);(H,6,7). The monoisotopic (exact) mass is 478 g/mol. The summed E-state index contributed by atoms with van der Waals surface area (Å²) in [5, 5.41) is 9.86. The number of hydrogen-bond donors (Lipinski definition) is 2. The normalized spacial score (nSPS) is 14.4. The molecule has 4 rings (SSSR count). The number of fused-ring (bicyclic) bond motifs is 1. The minimum atomic E-state index is -5.08. The summed E-state index contributed by atoms with van der Waals surface area (Å²) in [6, 6.07) is 13.7. The van der Waals surface area contributed by atoms with Gasteiger partial charge in [-0.05, 0) is 54.4 Å². The van der Waals surface area contributed by atoms with E-state index in [9.17, 15) is 22.4 Å². The van der Waals surface area contributed by atoms with Crippen LogP contribution in [0.1, 0.15) is 5.56 Å². The lowest BCUT2D eigenvalue weighted by Crippen LogP contribution is -2.40. The predicted octanol–water partition coefficient (Wildman–Crippen LogP) is 4.61. The second-order valence-corrected chi connectivity index (χ2v) is 7.04. The Morgan fingerprint density at radius 2 is 1.71 bits per heavy atom. The summed E-state index contributed by atoms with van der Waals surface area (Å²) in [6.07, 6.45) is -2.67. The van der Waals surface area contributed by atoms with Crippen LogP contribution in [0.2, 0.25) is 0 Å². The number of alkyl halides is 3. The Morgan fingerprint density at radius 1 is 1.09 bits per heavy atom. The van der Waals surface area contributed by atoms with Crippen LogP contribution in [0.5, 0.6) is 11.5 Å². The maximum Gasteiger partial charge on any atom is 0.490 e. The number of benzene rings is 2. The molecule has 1 unspecified atom stereocenters. The predicted molar refractivity (Wildman–Crippen MR) is 113 cm³/mol. The molecule has 11 heteroatoms. The van der Waals surface area contributed by atoms with Crippen molar-refractivity contribution in [3.8, 4) is 22.6 Å². The number of pyridine rings is 1. The highest BCUT2D eigenvalue weighted by Crippen LogP contribution is 2.32. The number of nitrogens with zero attached hydrogens (tertiary/aromatic N) is 1. The number of aryl methyl sites for hydroxylation is 1. The zero-order valence-electron chi connectivity index (χ0n) is 17.6. The summed E-state index contributed by atoms with van der Waals surface area (Å²) in [4.78, 5) is 25.4. The first-order chi connectivity index (χ1) is 16.1. The molecule has 0 aliphatic carbocycles. The van der Waals surface area contributed by atoms with Crippen LogP contribution in [0.25, 0.3) is 11.1 Å². The summed E-state index contributed by atoms with van der Waals surface area (Å²) in [5.74, 6) is -2.45. The molecule has 2 aromatic carbocycles. The molecular formula is C23H18F4N2O5. The van der Waals surface area contributed by atoms with Crippen LogP contribution in [-0.4, -0.2) is 40.9 Å². The minimum Gasteiger partial charge on any atom is -0.485 e. The van der Waals surface area contributed by atoms with E-state index in [0.717, 1.165) is 11.1 Å². The second-order valence-electron chi connectivity index (χ2n) is 7.04. The summed E-state index contributed by atoms with van der Waals surface area (Å²) >= 11 is 0. The number of rotatable bonds is 3. The molecule has 0 saturated carbocycles. The van der Waals surface area contributed by atoms with Crippen molar-refractivity contribution in [1.82, 2.24) is 4.98 Å². The second kappa shape index (κ2) is 10.2. The number of nitrogens with one attached hydrogen (secondary N) is 1. The Balaban J connectivity index is 0.000000406. The van der Waals surface area contributed by atoms with Crippen LogP contribution in [0.4, 0.5) is 23.2 Å². The van der Waals surface area contributed by atoms with Gasteiger partial charge in [0.25, 0.3) is 5.91 Å². The molecule has 178 valence electrons. The number of carbonyl (C=O) groups is 2. The van der Waals surface area contributed by atoms with Crippen LogP contribution in [0.3, 0.4) is 0 Å². The largest absolute Gasteiger partial charge is 0.490 e. The van der Waals surface area contributed by atoms with E-state index in [4.69, 9.17) is 19.4 Å². The number of aliphatic carboxylic acids is 1. The summed E-state index contributed by atoms with van der Waals surface area (Å²) in [6.45, 7) is 1.91. The third-order valence-corrected chi connectivity index (χ3v) is 4.61. The van der Waals surface area contributed by atoms with E-state index in [1.807, 2.05) is 13.0 Å². The topological polar surface area (TPSA) is 97.8 Å². The summed E-state index contributed by atoms with van der Waals surface area (Å²) in [7, 11) is 0. The first-order valence-electron chi connectivity index (χ1n) is 9.76. The van der Waals surface area contributed by atoms with E-state index < -0.39 is 24.1 Å². The zero-order chi connectivity index (χ0) is 24.9. The number of amides is 1. The Bertz CT molecular complexity index is 1190. The minimum absolute atomic E-state index is 0.0967. The van der Waals surface area contributed by atoms with Gasteiger partial charge >= 0.3 is 12.1 Å². The van der Waals surface area contributed by atoms with Gasteiger partial charge in [-0.2, -0.15) is 13.2 Å². The van der Waals surface area contributed by atoms with Gasteiger partial charge in [0.15, 0.2) is 11.5 Å². The van der Waals surface area contributed by atoms with E-state index in [2.05, 4.69) is 10.3 Å². The molecule has 0 radical (unpaired) electrons. The van der Waals surface area contributed by atoms with E-state index in [0.29, 0.717) is 22.7 Å². The smallest absolute Gasteiger partial charge is 0.485 e. The fourth-order valence-electron chi connectivity index (χ4n) is 2.93. The molecule has 0 saturated heterocycles. The lowest BCUT2D eigenvalue weighted by atomic mass is 10.0. The van der Waals surface area contributed by atoms with Crippen molar-refractivity contribution >= 4 is 17.6 Å². The van der Waals surface area contributed by atoms with Crippen LogP contribution in [0, 0.1) is 12.7 Å². The van der Waals surface area contributed by atoms with Gasteiger partial charge in [-0.25, -0.2) is 9.18 Å². The molecule has 2 heterocycles. The van der Waals surface area contributed by atoms with Crippen molar-refractivity contribution in [3.05, 3.63) is 72.3 Å². The number of carboxylic acids is 1. The number of halogens is 4. The lowest BCUT2D eigenvalue weighted by Gasteiger charge is -2.25. The van der Waals surface area contributed by atoms with E-state index >= 15 is 0 Å². The van der Waals surface area contributed by atoms with Crippen molar-refractivity contribution in [3.63, 3.8) is 0 Å². The number of carboxylic acid groups (broad SMARTS) is 1. The van der Waals surface area contributed by atoms with Gasteiger partial charge in [0.1, 0.15) is 12.4 Å². The molecule has 1 aliphatic rings. The van der Waals surface area contributed by atoms with Gasteiger partial charge in [-0.15, -0.1) is 0 Å². The molecule has 0 bridgehead atoms. The number of para-hydroxylation sites is 2. The highest BCUT2D eigenvalue weighted by atomic mass is 19.4. The first-order valence-corrected chi connectivity index (χ1v) is 9.76. The van der Waals surface area contributed by atoms with Crippen molar-refractivity contribution in [1.29, 1.82) is 0 Å². The third kappa shape index (κ3) is 6.00. The Labute approximate surface area is 191 Å². The average molecular weight is 478 g/mol. The van der Waals surface area contributed by atoms with Gasteiger partial charge in [0.05, 0.1) is 0 Å². The van der Waals surface area contributed by atoms with Gasteiger partial charge in [-0.1, -0.05) is 12.1 Å². The number of anilines is 1. The molecule has 34 heavy (non-hydrogen) atoms. The van der Waals surface area contributed by atoms with E-state index in [-0.39, 0.29) is 12.5 Å². The fraction of sp³-hybridized carbons (Fsp3) is 0.174. The molecule has 1 aliphatic heterocycles. The molecule has 2 N–H and O–H groups in total. The molecule has 1 atom stereocenters. The summed E-state index contributed by atoms with van der Waals surface area (Å²) in [5.41, 5.74) is 2.33. The van der Waals surface area contributed by atoms with Crippen LogP contribution in [-0.2, 0) is 9.59 Å². The van der Waals surface area contributed by atoms with Crippen molar-refractivity contribution in [2.24, 2.45) is 0 Å². The number of ether oxygens (including phenoxy) is 2. The van der Waals surface area contributed by atoms with Crippen LogP contribution >= 0.6 is 0 Å². The SMILES string of the molecule is Cc1cc(-c2ccncc2)c(F)cc1NC(=O)C1COc2ccccc2O1.O=C(O)C(F)(F)F. The lowest BCUT2D eigenvalue weighted by molar-refractivity contribution is -0.192. The van der Waals surface area contributed by atoms with E-state index in [1.54, 1.807) is 48.8 Å². The molecule has 0 fully saturated rings. The number of hydrogen-bond acceptors (Lipinski definition) is 5. The molecule has 1 aromatic heterocycles. The number of carbonyl (C=O) groups excluding carboxylic acids is 1. The Morgan fingerprint density at radius 3 is 2.32 bits per heavy atom. The van der Waals surface area contributed by atoms with Gasteiger partial charge in [0, 0.05) is 23.6 Å². The molecule has 3 aromatic rings. The first kappa shape index (κ1) is 24.5. The molecule has 1 amide bonds. The highest BCUT2D eigenvalue weighted by molar-refractivity contribution is 5.95. The Hall–Kier alpha value is -4.15.